The second-order valence-corrected chi connectivity index (χ2v) is 5.65. The van der Waals surface area contributed by atoms with Gasteiger partial charge in [0.2, 0.25) is 0 Å². The first kappa shape index (κ1) is 14.9. The second-order valence-electron chi connectivity index (χ2n) is 5.65. The smallest absolute Gasteiger partial charge is 0.272 e. The number of rotatable bonds is 4. The summed E-state index contributed by atoms with van der Waals surface area (Å²) in [5.41, 5.74) is 0.327. The fraction of sp³-hybridized carbons (Fsp3) is 0.600. The summed E-state index contributed by atoms with van der Waals surface area (Å²) in [4.78, 5) is 10.5. The lowest BCUT2D eigenvalue weighted by Gasteiger charge is -2.33. The molecule has 0 spiro atoms. The molecule has 1 saturated carbocycles. The van der Waals surface area contributed by atoms with Crippen molar-refractivity contribution in [3.05, 3.63) is 39.7 Å². The zero-order valence-electron chi connectivity index (χ0n) is 11.6. The van der Waals surface area contributed by atoms with Gasteiger partial charge in [-0.05, 0) is 49.7 Å². The van der Waals surface area contributed by atoms with Crippen molar-refractivity contribution in [3.8, 4) is 0 Å². The normalized spacial score (nSPS) is 26.4. The van der Waals surface area contributed by atoms with Crippen LogP contribution in [0.3, 0.4) is 0 Å². The molecule has 0 saturated heterocycles. The molecule has 0 radical (unpaired) electrons. The number of nitrogens with zero attached hydrogens (tertiary/aromatic N) is 1. The number of aliphatic hydroxyl groups is 1. The van der Waals surface area contributed by atoms with Gasteiger partial charge in [0.25, 0.3) is 5.69 Å². The number of hydrogen-bond acceptors (Lipinski definition) is 3. The minimum atomic E-state index is -0.485. The van der Waals surface area contributed by atoms with Gasteiger partial charge in [-0.25, -0.2) is 4.39 Å². The molecule has 2 rings (SSSR count). The number of nitro groups is 1. The molecule has 1 aliphatic carbocycles. The molecule has 110 valence electrons. The first-order chi connectivity index (χ1) is 9.51. The van der Waals surface area contributed by atoms with Crippen LogP contribution in [0, 0.1) is 27.8 Å². The molecule has 1 aromatic carbocycles. The van der Waals surface area contributed by atoms with E-state index in [1.807, 2.05) is 0 Å². The van der Waals surface area contributed by atoms with Crippen LogP contribution in [0.2, 0.25) is 0 Å². The lowest BCUT2D eigenvalue weighted by Crippen LogP contribution is -2.30. The van der Waals surface area contributed by atoms with Crippen molar-refractivity contribution < 1.29 is 14.4 Å². The van der Waals surface area contributed by atoms with Crippen LogP contribution < -0.4 is 0 Å². The van der Waals surface area contributed by atoms with Crippen LogP contribution >= 0.6 is 0 Å². The largest absolute Gasteiger partial charge is 0.393 e. The maximum Gasteiger partial charge on any atom is 0.272 e. The maximum absolute atomic E-state index is 13.3. The van der Waals surface area contributed by atoms with Crippen LogP contribution in [0.5, 0.6) is 0 Å². The molecule has 1 aliphatic rings. The zero-order chi connectivity index (χ0) is 14.7. The molecule has 1 N–H and O–H groups in total. The van der Waals surface area contributed by atoms with Crippen molar-refractivity contribution in [2.75, 3.05) is 0 Å². The average molecular weight is 281 g/mol. The number of benzene rings is 1. The molecule has 0 heterocycles. The van der Waals surface area contributed by atoms with Crippen molar-refractivity contribution in [1.82, 2.24) is 0 Å². The Morgan fingerprint density at radius 2 is 2.20 bits per heavy atom. The van der Waals surface area contributed by atoms with E-state index in [4.69, 9.17) is 0 Å². The summed E-state index contributed by atoms with van der Waals surface area (Å²) in [5, 5.41) is 21.1. The standard InChI is InChI=1S/C15H20FNO3/c1-2-10-3-6-15(18)12(7-10)8-11-9-13(16)4-5-14(11)17(19)20/h4-5,9-10,12,15,18H,2-3,6-8H2,1H3. The highest BCUT2D eigenvalue weighted by Crippen LogP contribution is 2.35. The van der Waals surface area contributed by atoms with E-state index >= 15 is 0 Å². The van der Waals surface area contributed by atoms with Crippen LogP contribution in [0.1, 0.15) is 38.2 Å². The van der Waals surface area contributed by atoms with Gasteiger partial charge in [-0.3, -0.25) is 10.1 Å². The molecule has 5 heteroatoms. The van der Waals surface area contributed by atoms with Gasteiger partial charge in [0.05, 0.1) is 11.0 Å². The van der Waals surface area contributed by atoms with Gasteiger partial charge >= 0.3 is 0 Å². The average Bonchev–Trinajstić information content (AvgIpc) is 2.41. The van der Waals surface area contributed by atoms with Crippen LogP contribution in [-0.2, 0) is 6.42 Å². The molecule has 20 heavy (non-hydrogen) atoms. The van der Waals surface area contributed by atoms with E-state index in [-0.39, 0.29) is 11.6 Å². The van der Waals surface area contributed by atoms with E-state index in [9.17, 15) is 19.6 Å². The third-order valence-electron chi connectivity index (χ3n) is 4.35. The van der Waals surface area contributed by atoms with Gasteiger partial charge in [-0.15, -0.1) is 0 Å². The Bertz CT molecular complexity index is 492. The summed E-state index contributed by atoms with van der Waals surface area (Å²) in [6.45, 7) is 2.12. The lowest BCUT2D eigenvalue weighted by molar-refractivity contribution is -0.385. The predicted molar refractivity (Wildman–Crippen MR) is 73.9 cm³/mol. The first-order valence-electron chi connectivity index (χ1n) is 7.12. The van der Waals surface area contributed by atoms with Gasteiger partial charge < -0.3 is 5.11 Å². The van der Waals surface area contributed by atoms with Crippen molar-refractivity contribution in [2.24, 2.45) is 11.8 Å². The van der Waals surface area contributed by atoms with E-state index in [0.29, 0.717) is 17.9 Å². The van der Waals surface area contributed by atoms with Crippen LogP contribution in [0.25, 0.3) is 0 Å². The fourth-order valence-corrected chi connectivity index (χ4v) is 3.11. The van der Waals surface area contributed by atoms with Gasteiger partial charge in [-0.1, -0.05) is 13.3 Å². The van der Waals surface area contributed by atoms with Gasteiger partial charge in [0.1, 0.15) is 5.82 Å². The second kappa shape index (κ2) is 6.31. The van der Waals surface area contributed by atoms with Gasteiger partial charge in [0, 0.05) is 11.6 Å². The third-order valence-corrected chi connectivity index (χ3v) is 4.35. The number of nitro benzene ring substituents is 1. The summed E-state index contributed by atoms with van der Waals surface area (Å²) in [6, 6.07) is 3.53. The van der Waals surface area contributed by atoms with Crippen molar-refractivity contribution in [3.63, 3.8) is 0 Å². The van der Waals surface area contributed by atoms with E-state index < -0.39 is 16.8 Å². The van der Waals surface area contributed by atoms with E-state index in [1.165, 1.54) is 12.1 Å². The van der Waals surface area contributed by atoms with Gasteiger partial charge in [-0.2, -0.15) is 0 Å². The van der Waals surface area contributed by atoms with Crippen molar-refractivity contribution in [2.45, 2.75) is 45.1 Å². The highest BCUT2D eigenvalue weighted by Gasteiger charge is 2.30. The van der Waals surface area contributed by atoms with E-state index in [1.54, 1.807) is 0 Å². The summed E-state index contributed by atoms with van der Waals surface area (Å²) in [5.74, 6) is 0.0631. The Balaban J connectivity index is 2.19. The lowest BCUT2D eigenvalue weighted by atomic mass is 9.75. The molecule has 1 fully saturated rings. The fourth-order valence-electron chi connectivity index (χ4n) is 3.11. The summed E-state index contributed by atoms with van der Waals surface area (Å²) in [6.07, 6.45) is 3.55. The maximum atomic E-state index is 13.3. The predicted octanol–water partition coefficient (Wildman–Crippen LogP) is 3.46. The van der Waals surface area contributed by atoms with Crippen molar-refractivity contribution in [1.29, 1.82) is 0 Å². The molecular formula is C15H20FNO3. The topological polar surface area (TPSA) is 63.4 Å². The zero-order valence-corrected chi connectivity index (χ0v) is 11.6. The quantitative estimate of drug-likeness (QED) is 0.679. The van der Waals surface area contributed by atoms with Crippen LogP contribution in [0.4, 0.5) is 10.1 Å². The third kappa shape index (κ3) is 3.33. The molecule has 0 aliphatic heterocycles. The van der Waals surface area contributed by atoms with Crippen LogP contribution in [-0.4, -0.2) is 16.1 Å². The Hall–Kier alpha value is -1.49. The minimum Gasteiger partial charge on any atom is -0.393 e. The molecule has 3 atom stereocenters. The molecule has 3 unspecified atom stereocenters. The number of aliphatic hydroxyl groups excluding tert-OH is 1. The monoisotopic (exact) mass is 281 g/mol. The molecule has 0 aromatic heterocycles. The Morgan fingerprint density at radius 1 is 1.45 bits per heavy atom. The Kier molecular flexibility index (Phi) is 4.70. The molecule has 1 aromatic rings. The van der Waals surface area contributed by atoms with E-state index in [0.717, 1.165) is 31.7 Å². The minimum absolute atomic E-state index is 0.0193. The van der Waals surface area contributed by atoms with E-state index in [2.05, 4.69) is 6.92 Å². The summed E-state index contributed by atoms with van der Waals surface area (Å²) >= 11 is 0. The first-order valence-corrected chi connectivity index (χ1v) is 7.12. The molecule has 0 bridgehead atoms. The number of halogens is 1. The summed E-state index contributed by atoms with van der Waals surface area (Å²) < 4.78 is 13.3. The molecular weight excluding hydrogens is 261 g/mol. The van der Waals surface area contributed by atoms with Crippen molar-refractivity contribution >= 4 is 5.69 Å². The van der Waals surface area contributed by atoms with Gasteiger partial charge in [0.15, 0.2) is 0 Å². The highest BCUT2D eigenvalue weighted by molar-refractivity contribution is 5.40. The highest BCUT2D eigenvalue weighted by atomic mass is 19.1. The Morgan fingerprint density at radius 3 is 2.85 bits per heavy atom. The Labute approximate surface area is 117 Å². The molecule has 4 nitrogen and oxygen atoms in total. The summed E-state index contributed by atoms with van der Waals surface area (Å²) in [7, 11) is 0. The SMILES string of the molecule is CCC1CCC(O)C(Cc2cc(F)ccc2[N+](=O)[O-])C1. The number of hydrogen-bond donors (Lipinski definition) is 1. The molecule has 0 amide bonds. The van der Waals surface area contributed by atoms with Crippen LogP contribution in [0.15, 0.2) is 18.2 Å².